The van der Waals surface area contributed by atoms with E-state index in [4.69, 9.17) is 10.5 Å². The number of benzene rings is 1. The van der Waals surface area contributed by atoms with E-state index in [1.807, 2.05) is 23.0 Å². The van der Waals surface area contributed by atoms with Crippen molar-refractivity contribution < 1.29 is 9.53 Å². The zero-order chi connectivity index (χ0) is 16.9. The van der Waals surface area contributed by atoms with Crippen LogP contribution in [0.25, 0.3) is 10.9 Å². The van der Waals surface area contributed by atoms with Crippen LogP contribution in [0.3, 0.4) is 0 Å². The molecule has 2 aromatic rings. The molecule has 0 spiro atoms. The highest BCUT2D eigenvalue weighted by Crippen LogP contribution is 2.25. The van der Waals surface area contributed by atoms with Crippen LogP contribution in [0.4, 0.5) is 0 Å². The van der Waals surface area contributed by atoms with E-state index in [0.717, 1.165) is 36.7 Å². The van der Waals surface area contributed by atoms with Gasteiger partial charge in [-0.15, -0.1) is 0 Å². The second kappa shape index (κ2) is 7.77. The first-order chi connectivity index (χ1) is 11.7. The van der Waals surface area contributed by atoms with Crippen molar-refractivity contribution in [3.63, 3.8) is 0 Å². The number of hydrogen-bond acceptors (Lipinski definition) is 4. The second-order valence-corrected chi connectivity index (χ2v) is 6.52. The van der Waals surface area contributed by atoms with E-state index in [0.29, 0.717) is 13.0 Å². The summed E-state index contributed by atoms with van der Waals surface area (Å²) in [7, 11) is 1.67. The van der Waals surface area contributed by atoms with E-state index in [1.165, 1.54) is 0 Å². The molecule has 1 aliphatic rings. The number of aryl methyl sites for hydroxylation is 1. The Kier molecular flexibility index (Phi) is 5.48. The molecule has 0 aliphatic heterocycles. The number of carbonyl (C=O) groups excluding carboxylic acids is 1. The quantitative estimate of drug-likeness (QED) is 0.790. The van der Waals surface area contributed by atoms with E-state index in [1.54, 1.807) is 7.11 Å². The molecule has 0 bridgehead atoms. The number of nitrogens with two attached hydrogens (primary N) is 1. The second-order valence-electron chi connectivity index (χ2n) is 6.52. The molecule has 6 nitrogen and oxygen atoms in total. The van der Waals surface area contributed by atoms with Crippen LogP contribution >= 0.6 is 0 Å². The highest BCUT2D eigenvalue weighted by atomic mass is 16.5. The molecule has 0 radical (unpaired) electrons. The van der Waals surface area contributed by atoms with Crippen molar-refractivity contribution in [3.05, 3.63) is 30.5 Å². The van der Waals surface area contributed by atoms with Crippen LogP contribution in [0.5, 0.6) is 0 Å². The predicted molar refractivity (Wildman–Crippen MR) is 93.5 cm³/mol. The Labute approximate surface area is 142 Å². The summed E-state index contributed by atoms with van der Waals surface area (Å²) in [5, 5.41) is 8.59. The third kappa shape index (κ3) is 3.76. The Bertz CT molecular complexity index is 684. The zero-order valence-corrected chi connectivity index (χ0v) is 14.1. The van der Waals surface area contributed by atoms with Crippen molar-refractivity contribution in [2.75, 3.05) is 13.7 Å². The van der Waals surface area contributed by atoms with Crippen LogP contribution in [0.2, 0.25) is 0 Å². The Morgan fingerprint density at radius 1 is 1.42 bits per heavy atom. The summed E-state index contributed by atoms with van der Waals surface area (Å²) in [6, 6.07) is 8.20. The van der Waals surface area contributed by atoms with E-state index in [9.17, 15) is 4.79 Å². The Morgan fingerprint density at radius 3 is 3.08 bits per heavy atom. The molecule has 1 heterocycles. The minimum absolute atomic E-state index is 0.00932. The van der Waals surface area contributed by atoms with Gasteiger partial charge < -0.3 is 15.8 Å². The van der Waals surface area contributed by atoms with Crippen LogP contribution in [0.1, 0.15) is 25.7 Å². The van der Waals surface area contributed by atoms with Gasteiger partial charge in [0.05, 0.1) is 17.8 Å². The van der Waals surface area contributed by atoms with Crippen molar-refractivity contribution in [2.45, 2.75) is 44.4 Å². The average molecular weight is 330 g/mol. The summed E-state index contributed by atoms with van der Waals surface area (Å²) in [5.41, 5.74) is 7.14. The fourth-order valence-electron chi connectivity index (χ4n) is 3.45. The maximum absolute atomic E-state index is 12.3. The Morgan fingerprint density at radius 2 is 2.25 bits per heavy atom. The van der Waals surface area contributed by atoms with Crippen molar-refractivity contribution >= 4 is 16.8 Å². The van der Waals surface area contributed by atoms with Gasteiger partial charge in [-0.1, -0.05) is 18.2 Å². The van der Waals surface area contributed by atoms with Crippen molar-refractivity contribution in [1.29, 1.82) is 0 Å². The molecule has 3 atom stereocenters. The van der Waals surface area contributed by atoms with E-state index in [2.05, 4.69) is 22.5 Å². The van der Waals surface area contributed by atoms with Gasteiger partial charge in [0, 0.05) is 37.5 Å². The molecule has 1 aromatic carbocycles. The number of fused-ring (bicyclic) bond motifs is 1. The van der Waals surface area contributed by atoms with Gasteiger partial charge in [-0.25, -0.2) is 0 Å². The maximum Gasteiger partial charge on any atom is 0.223 e. The highest BCUT2D eigenvalue weighted by Gasteiger charge is 2.31. The van der Waals surface area contributed by atoms with Crippen molar-refractivity contribution in [2.24, 2.45) is 11.7 Å². The van der Waals surface area contributed by atoms with Crippen LogP contribution in [-0.2, 0) is 16.1 Å². The van der Waals surface area contributed by atoms with Gasteiger partial charge in [-0.05, 0) is 31.7 Å². The predicted octanol–water partition coefficient (Wildman–Crippen LogP) is 1.68. The molecule has 1 aliphatic carbocycles. The van der Waals surface area contributed by atoms with E-state index < -0.39 is 0 Å². The lowest BCUT2D eigenvalue weighted by Crippen LogP contribution is -2.45. The first-order valence-corrected chi connectivity index (χ1v) is 8.65. The van der Waals surface area contributed by atoms with Gasteiger partial charge in [0.2, 0.25) is 5.91 Å². The molecule has 3 N–H and O–H groups in total. The molecule has 24 heavy (non-hydrogen) atoms. The molecule has 3 rings (SSSR count). The number of methoxy groups -OCH3 is 1. The third-order valence-electron chi connectivity index (χ3n) is 4.91. The zero-order valence-electron chi connectivity index (χ0n) is 14.1. The summed E-state index contributed by atoms with van der Waals surface area (Å²) in [6.07, 6.45) is 5.13. The fourth-order valence-corrected chi connectivity index (χ4v) is 3.45. The summed E-state index contributed by atoms with van der Waals surface area (Å²) < 4.78 is 7.37. The largest absolute Gasteiger partial charge is 0.380 e. The highest BCUT2D eigenvalue weighted by molar-refractivity contribution is 5.79. The molecule has 6 heteroatoms. The molecule has 130 valence electrons. The Hall–Kier alpha value is -1.92. The minimum atomic E-state index is -0.00932. The normalized spacial score (nSPS) is 24.2. The van der Waals surface area contributed by atoms with Gasteiger partial charge in [-0.3, -0.25) is 9.48 Å². The summed E-state index contributed by atoms with van der Waals surface area (Å²) in [6.45, 7) is 1.46. The van der Waals surface area contributed by atoms with Gasteiger partial charge in [0.1, 0.15) is 0 Å². The van der Waals surface area contributed by atoms with E-state index >= 15 is 0 Å². The number of ether oxygens (including phenoxy) is 1. The SMILES string of the molecule is CO[C@@H]1C[C@@H](C(=O)NCCCn2ncc3ccccc32)CC[C@H]1N. The van der Waals surface area contributed by atoms with Crippen LogP contribution in [0, 0.1) is 5.92 Å². The van der Waals surface area contributed by atoms with Gasteiger partial charge in [-0.2, -0.15) is 5.10 Å². The number of aromatic nitrogens is 2. The van der Waals surface area contributed by atoms with Gasteiger partial charge >= 0.3 is 0 Å². The maximum atomic E-state index is 12.3. The number of nitrogens with zero attached hydrogens (tertiary/aromatic N) is 2. The molecule has 1 amide bonds. The molecule has 0 saturated heterocycles. The van der Waals surface area contributed by atoms with Crippen molar-refractivity contribution in [1.82, 2.24) is 15.1 Å². The number of nitrogens with one attached hydrogen (secondary N) is 1. The lowest BCUT2D eigenvalue weighted by atomic mass is 9.83. The lowest BCUT2D eigenvalue weighted by Gasteiger charge is -2.32. The summed E-state index contributed by atoms with van der Waals surface area (Å²) in [4.78, 5) is 12.3. The number of para-hydroxylation sites is 1. The monoisotopic (exact) mass is 330 g/mol. The number of rotatable bonds is 6. The molecule has 1 aromatic heterocycles. The Balaban J connectivity index is 1.44. The molecular weight excluding hydrogens is 304 g/mol. The molecule has 1 fully saturated rings. The lowest BCUT2D eigenvalue weighted by molar-refractivity contribution is -0.127. The molecule has 1 saturated carbocycles. The van der Waals surface area contributed by atoms with Gasteiger partial charge in [0.25, 0.3) is 0 Å². The minimum Gasteiger partial charge on any atom is -0.380 e. The number of amides is 1. The van der Waals surface area contributed by atoms with Crippen molar-refractivity contribution in [3.8, 4) is 0 Å². The first-order valence-electron chi connectivity index (χ1n) is 8.65. The first kappa shape index (κ1) is 16.9. The molecule has 0 unspecified atom stereocenters. The smallest absolute Gasteiger partial charge is 0.223 e. The van der Waals surface area contributed by atoms with Crippen LogP contribution < -0.4 is 11.1 Å². The average Bonchev–Trinajstić information content (AvgIpc) is 3.02. The summed E-state index contributed by atoms with van der Waals surface area (Å²) in [5.74, 6) is 0.134. The summed E-state index contributed by atoms with van der Waals surface area (Å²) >= 11 is 0. The number of hydrogen-bond donors (Lipinski definition) is 2. The van der Waals surface area contributed by atoms with Gasteiger partial charge in [0.15, 0.2) is 0 Å². The van der Waals surface area contributed by atoms with Crippen LogP contribution in [0.15, 0.2) is 30.5 Å². The van der Waals surface area contributed by atoms with Crippen LogP contribution in [-0.4, -0.2) is 41.5 Å². The molecular formula is C18H26N4O2. The van der Waals surface area contributed by atoms with E-state index in [-0.39, 0.29) is 24.0 Å². The topological polar surface area (TPSA) is 82.2 Å². The fraction of sp³-hybridized carbons (Fsp3) is 0.556. The number of carbonyl (C=O) groups is 1. The third-order valence-corrected chi connectivity index (χ3v) is 4.91. The standard InChI is InChI=1S/C18H26N4O2/c1-24-17-11-13(7-8-15(17)19)18(23)20-9-4-10-22-16-6-3-2-5-14(16)12-21-22/h2-3,5-6,12-13,15,17H,4,7-11,19H2,1H3,(H,20,23)/t13-,15+,17+/m0/s1.